The standard InChI is InChI=1S/C26H39N3O6/c1-5-33-12-13-34-17-14-20-23(26(2,3)4)29(25(31)32)21(16-28(20)15-17)24(30)27-19-10-11-35-22-9-7-6-8-18(19)22/h6-9,17,19-21,23H,5,10-16H2,1-4H3,(H,27,30)(H,31,32)/t17-,19-,20-,21+,23?/m1/s1. The summed E-state index contributed by atoms with van der Waals surface area (Å²) in [5.41, 5.74) is 0.574. The number of hydrogen-bond acceptors (Lipinski definition) is 6. The first-order valence-electron chi connectivity index (χ1n) is 12.7. The lowest BCUT2D eigenvalue weighted by Gasteiger charge is -2.52. The summed E-state index contributed by atoms with van der Waals surface area (Å²) < 4.78 is 17.2. The first-order valence-corrected chi connectivity index (χ1v) is 12.7. The molecule has 35 heavy (non-hydrogen) atoms. The summed E-state index contributed by atoms with van der Waals surface area (Å²) in [6.45, 7) is 11.3. The van der Waals surface area contributed by atoms with Crippen LogP contribution in [0.15, 0.2) is 24.3 Å². The van der Waals surface area contributed by atoms with Gasteiger partial charge in [0.1, 0.15) is 11.8 Å². The van der Waals surface area contributed by atoms with Gasteiger partial charge in [0.15, 0.2) is 0 Å². The Kier molecular flexibility index (Phi) is 7.88. The molecule has 194 valence electrons. The topological polar surface area (TPSA) is 101 Å². The van der Waals surface area contributed by atoms with Gasteiger partial charge in [0.05, 0.1) is 38.0 Å². The Labute approximate surface area is 207 Å². The Morgan fingerprint density at radius 3 is 2.69 bits per heavy atom. The van der Waals surface area contributed by atoms with E-state index >= 15 is 0 Å². The minimum absolute atomic E-state index is 0.00366. The van der Waals surface area contributed by atoms with E-state index in [1.807, 2.05) is 52.0 Å². The van der Waals surface area contributed by atoms with E-state index in [-0.39, 0.29) is 35.6 Å². The predicted molar refractivity (Wildman–Crippen MR) is 131 cm³/mol. The summed E-state index contributed by atoms with van der Waals surface area (Å²) in [5.74, 6) is 0.504. The summed E-state index contributed by atoms with van der Waals surface area (Å²) in [6, 6.07) is 6.33. The van der Waals surface area contributed by atoms with Crippen molar-refractivity contribution in [2.45, 2.75) is 70.8 Å². The van der Waals surface area contributed by atoms with Crippen LogP contribution in [0.3, 0.4) is 0 Å². The van der Waals surface area contributed by atoms with Crippen molar-refractivity contribution in [2.75, 3.05) is 39.5 Å². The molecule has 0 spiro atoms. The van der Waals surface area contributed by atoms with Crippen molar-refractivity contribution in [1.29, 1.82) is 0 Å². The number of hydrogen-bond donors (Lipinski definition) is 2. The summed E-state index contributed by atoms with van der Waals surface area (Å²) >= 11 is 0. The molecule has 0 radical (unpaired) electrons. The summed E-state index contributed by atoms with van der Waals surface area (Å²) in [6.07, 6.45) is 0.315. The zero-order valence-electron chi connectivity index (χ0n) is 21.2. The van der Waals surface area contributed by atoms with Gasteiger partial charge in [-0.1, -0.05) is 39.0 Å². The average Bonchev–Trinajstić information content (AvgIpc) is 3.22. The molecule has 9 nitrogen and oxygen atoms in total. The van der Waals surface area contributed by atoms with Gasteiger partial charge < -0.3 is 24.6 Å². The highest BCUT2D eigenvalue weighted by Gasteiger charge is 2.54. The molecule has 2 saturated heterocycles. The van der Waals surface area contributed by atoms with E-state index in [9.17, 15) is 14.7 Å². The van der Waals surface area contributed by atoms with Crippen LogP contribution in [0.2, 0.25) is 0 Å². The fourth-order valence-corrected chi connectivity index (χ4v) is 5.87. The second-order valence-corrected chi connectivity index (χ2v) is 10.7. The number of nitrogens with one attached hydrogen (secondary N) is 1. The minimum Gasteiger partial charge on any atom is -0.493 e. The molecule has 5 atom stereocenters. The largest absolute Gasteiger partial charge is 0.493 e. The fraction of sp³-hybridized carbons (Fsp3) is 0.692. The molecule has 3 aliphatic heterocycles. The molecule has 0 bridgehead atoms. The zero-order valence-corrected chi connectivity index (χ0v) is 21.2. The normalized spacial score (nSPS) is 28.7. The lowest BCUT2D eigenvalue weighted by Crippen LogP contribution is -2.70. The molecule has 0 aromatic heterocycles. The van der Waals surface area contributed by atoms with Gasteiger partial charge in [-0.25, -0.2) is 4.79 Å². The molecule has 2 fully saturated rings. The fourth-order valence-electron chi connectivity index (χ4n) is 5.87. The minimum atomic E-state index is -1.06. The molecule has 0 aliphatic carbocycles. The van der Waals surface area contributed by atoms with Crippen LogP contribution in [-0.4, -0.2) is 90.7 Å². The molecule has 9 heteroatoms. The van der Waals surface area contributed by atoms with E-state index < -0.39 is 12.1 Å². The summed E-state index contributed by atoms with van der Waals surface area (Å²) in [7, 11) is 0. The number of ether oxygens (including phenoxy) is 3. The van der Waals surface area contributed by atoms with E-state index in [4.69, 9.17) is 14.2 Å². The lowest BCUT2D eigenvalue weighted by atomic mass is 9.78. The van der Waals surface area contributed by atoms with Crippen LogP contribution in [0, 0.1) is 5.41 Å². The van der Waals surface area contributed by atoms with Gasteiger partial charge >= 0.3 is 6.09 Å². The maximum absolute atomic E-state index is 13.6. The molecule has 2 N–H and O–H groups in total. The molecule has 2 amide bonds. The third-order valence-electron chi connectivity index (χ3n) is 7.29. The quantitative estimate of drug-likeness (QED) is 0.568. The highest BCUT2D eigenvalue weighted by atomic mass is 16.5. The van der Waals surface area contributed by atoms with Gasteiger partial charge in [0.2, 0.25) is 5.91 Å². The monoisotopic (exact) mass is 489 g/mol. The average molecular weight is 490 g/mol. The Morgan fingerprint density at radius 2 is 1.97 bits per heavy atom. The van der Waals surface area contributed by atoms with Crippen molar-refractivity contribution in [2.24, 2.45) is 5.41 Å². The third kappa shape index (κ3) is 5.57. The Morgan fingerprint density at radius 1 is 1.20 bits per heavy atom. The number of carbonyl (C=O) groups is 2. The number of nitrogens with zero attached hydrogens (tertiary/aromatic N) is 2. The van der Waals surface area contributed by atoms with E-state index in [0.29, 0.717) is 45.9 Å². The van der Waals surface area contributed by atoms with Crippen molar-refractivity contribution >= 4 is 12.0 Å². The maximum Gasteiger partial charge on any atom is 0.408 e. The van der Waals surface area contributed by atoms with Crippen molar-refractivity contribution < 1.29 is 28.9 Å². The number of carboxylic acid groups (broad SMARTS) is 1. The second-order valence-electron chi connectivity index (χ2n) is 10.7. The highest BCUT2D eigenvalue weighted by molar-refractivity contribution is 5.86. The lowest BCUT2D eigenvalue weighted by molar-refractivity contribution is -0.134. The number of carbonyl (C=O) groups excluding carboxylic acids is 1. The number of rotatable bonds is 7. The van der Waals surface area contributed by atoms with Gasteiger partial charge in [0.25, 0.3) is 0 Å². The summed E-state index contributed by atoms with van der Waals surface area (Å²) in [5, 5.41) is 13.4. The number of amides is 2. The van der Waals surface area contributed by atoms with Gasteiger partial charge in [-0.15, -0.1) is 0 Å². The van der Waals surface area contributed by atoms with Crippen LogP contribution in [-0.2, 0) is 14.3 Å². The van der Waals surface area contributed by atoms with E-state index in [0.717, 1.165) is 17.7 Å². The first-order chi connectivity index (χ1) is 16.7. The third-order valence-corrected chi connectivity index (χ3v) is 7.29. The molecule has 1 aromatic rings. The van der Waals surface area contributed by atoms with Crippen molar-refractivity contribution in [3.63, 3.8) is 0 Å². The van der Waals surface area contributed by atoms with Crippen LogP contribution >= 0.6 is 0 Å². The number of benzene rings is 1. The van der Waals surface area contributed by atoms with Crippen LogP contribution in [0.4, 0.5) is 4.79 Å². The van der Waals surface area contributed by atoms with Crippen LogP contribution in [0.25, 0.3) is 0 Å². The molecule has 4 rings (SSSR count). The smallest absolute Gasteiger partial charge is 0.408 e. The Balaban J connectivity index is 1.54. The molecule has 3 heterocycles. The number of fused-ring (bicyclic) bond motifs is 2. The van der Waals surface area contributed by atoms with E-state index in [1.54, 1.807) is 0 Å². The van der Waals surface area contributed by atoms with E-state index in [2.05, 4.69) is 10.2 Å². The molecule has 1 unspecified atom stereocenters. The van der Waals surface area contributed by atoms with Crippen molar-refractivity contribution in [3.8, 4) is 5.75 Å². The summed E-state index contributed by atoms with van der Waals surface area (Å²) in [4.78, 5) is 29.9. The first kappa shape index (κ1) is 25.7. The molecular weight excluding hydrogens is 450 g/mol. The molecule has 0 saturated carbocycles. The zero-order chi connectivity index (χ0) is 25.2. The second kappa shape index (κ2) is 10.7. The number of para-hydroxylation sites is 1. The van der Waals surface area contributed by atoms with E-state index in [1.165, 1.54) is 4.90 Å². The predicted octanol–water partition coefficient (Wildman–Crippen LogP) is 2.90. The highest BCUT2D eigenvalue weighted by Crippen LogP contribution is 2.40. The van der Waals surface area contributed by atoms with Crippen LogP contribution in [0.5, 0.6) is 5.75 Å². The van der Waals surface area contributed by atoms with Crippen LogP contribution < -0.4 is 10.1 Å². The number of piperazine rings is 1. The molecule has 3 aliphatic rings. The van der Waals surface area contributed by atoms with Crippen molar-refractivity contribution in [3.05, 3.63) is 29.8 Å². The van der Waals surface area contributed by atoms with Crippen molar-refractivity contribution in [1.82, 2.24) is 15.1 Å². The van der Waals surface area contributed by atoms with Gasteiger partial charge in [-0.05, 0) is 24.8 Å². The van der Waals surface area contributed by atoms with Gasteiger partial charge in [-0.3, -0.25) is 14.6 Å². The van der Waals surface area contributed by atoms with Gasteiger partial charge in [0, 0.05) is 37.7 Å². The van der Waals surface area contributed by atoms with Crippen LogP contribution in [0.1, 0.15) is 52.1 Å². The SMILES string of the molecule is CCOCCO[C@@H]1C[C@@H]2C(C(C)(C)C)N(C(=O)O)[C@H](C(=O)N[C@@H]3CCOc4ccccc43)CN2C1. The Bertz CT molecular complexity index is 903. The molecular formula is C26H39N3O6. The van der Waals surface area contributed by atoms with Gasteiger partial charge in [-0.2, -0.15) is 0 Å². The Hall–Kier alpha value is -2.36. The molecule has 1 aromatic carbocycles. The maximum atomic E-state index is 13.6.